The van der Waals surface area contributed by atoms with Crippen LogP contribution in [0.3, 0.4) is 0 Å². The Balaban J connectivity index is 1.95. The summed E-state index contributed by atoms with van der Waals surface area (Å²) in [5.41, 5.74) is 0.855. The highest BCUT2D eigenvalue weighted by atomic mass is 32.2. The van der Waals surface area contributed by atoms with Crippen LogP contribution in [0.25, 0.3) is 10.9 Å². The first kappa shape index (κ1) is 19.5. The van der Waals surface area contributed by atoms with Gasteiger partial charge in [-0.25, -0.2) is 12.8 Å². The van der Waals surface area contributed by atoms with Gasteiger partial charge in [-0.05, 0) is 49.9 Å². The number of fused-ring (bicyclic) bond motifs is 1. The fourth-order valence-corrected chi connectivity index (χ4v) is 5.32. The largest absolute Gasteiger partial charge is 0.339 e. The number of para-hydroxylation sites is 1. The number of carbonyl (C=O) groups excluding carboxylic acids is 1. The monoisotopic (exact) mass is 412 g/mol. The molecule has 0 aliphatic carbocycles. The number of carbonyl (C=O) groups is 1. The molecule has 1 saturated heterocycles. The number of nitrogens with zero attached hydrogens (tertiary/aromatic N) is 2. The van der Waals surface area contributed by atoms with Crippen molar-refractivity contribution in [2.75, 3.05) is 13.1 Å². The van der Waals surface area contributed by atoms with E-state index in [4.69, 9.17) is 0 Å². The molecule has 2 heterocycles. The van der Waals surface area contributed by atoms with Crippen molar-refractivity contribution in [3.05, 3.63) is 65.6 Å². The molecule has 1 aliphatic rings. The number of benzene rings is 2. The van der Waals surface area contributed by atoms with Crippen molar-refractivity contribution in [1.82, 2.24) is 9.88 Å². The third-order valence-electron chi connectivity index (χ3n) is 5.32. The van der Waals surface area contributed by atoms with E-state index in [2.05, 4.69) is 4.98 Å². The van der Waals surface area contributed by atoms with Gasteiger partial charge < -0.3 is 4.90 Å². The fraction of sp³-hybridized carbons (Fsp3) is 0.273. The van der Waals surface area contributed by atoms with Crippen LogP contribution in [0.4, 0.5) is 4.39 Å². The van der Waals surface area contributed by atoms with Crippen molar-refractivity contribution >= 4 is 26.6 Å². The number of hydrogen-bond acceptors (Lipinski definition) is 4. The molecule has 0 spiro atoms. The summed E-state index contributed by atoms with van der Waals surface area (Å²) in [4.78, 5) is 18.9. The number of rotatable bonds is 3. The first-order valence-corrected chi connectivity index (χ1v) is 11.1. The van der Waals surface area contributed by atoms with Crippen LogP contribution < -0.4 is 0 Å². The number of piperidine rings is 1. The zero-order valence-electron chi connectivity index (χ0n) is 16.1. The molecule has 1 amide bonds. The van der Waals surface area contributed by atoms with Gasteiger partial charge in [0.1, 0.15) is 5.82 Å². The van der Waals surface area contributed by atoms with Crippen LogP contribution in [0.5, 0.6) is 0 Å². The summed E-state index contributed by atoms with van der Waals surface area (Å²) in [6, 6.07) is 10.6. The molecule has 150 valence electrons. The Kier molecular flexibility index (Phi) is 5.08. The molecule has 0 N–H and O–H groups in total. The molecule has 2 aromatic carbocycles. The van der Waals surface area contributed by atoms with Crippen molar-refractivity contribution in [2.24, 2.45) is 0 Å². The number of halogens is 1. The van der Waals surface area contributed by atoms with E-state index in [0.717, 1.165) is 25.3 Å². The predicted molar refractivity (Wildman–Crippen MR) is 108 cm³/mol. The molecule has 0 saturated carbocycles. The standard InChI is InChI=1S/C22H21FN2O3S/c1-15-9-10-16(13-19(15)23)29(27,28)21-17-7-3-4-8-20(17)24-14-18(21)22(26)25-11-5-2-6-12-25/h3-4,7-10,13-14H,2,5-6,11-12H2,1H3. The van der Waals surface area contributed by atoms with Crippen LogP contribution in [0.2, 0.25) is 0 Å². The van der Waals surface area contributed by atoms with Gasteiger partial charge in [-0.3, -0.25) is 9.78 Å². The normalized spacial score (nSPS) is 14.9. The summed E-state index contributed by atoms with van der Waals surface area (Å²) in [7, 11) is -4.15. The Morgan fingerprint density at radius 3 is 2.52 bits per heavy atom. The predicted octanol–water partition coefficient (Wildman–Crippen LogP) is 4.14. The summed E-state index contributed by atoms with van der Waals surface area (Å²) in [6.45, 7) is 2.74. The minimum absolute atomic E-state index is 0.0339. The number of aryl methyl sites for hydroxylation is 1. The molecule has 0 unspecified atom stereocenters. The van der Waals surface area contributed by atoms with Crippen LogP contribution in [0.15, 0.2) is 58.5 Å². The van der Waals surface area contributed by atoms with E-state index in [1.54, 1.807) is 36.1 Å². The number of aromatic nitrogens is 1. The van der Waals surface area contributed by atoms with E-state index in [1.807, 2.05) is 0 Å². The van der Waals surface area contributed by atoms with Gasteiger partial charge in [0.2, 0.25) is 9.84 Å². The second-order valence-electron chi connectivity index (χ2n) is 7.29. The van der Waals surface area contributed by atoms with E-state index in [1.165, 1.54) is 18.3 Å². The highest BCUT2D eigenvalue weighted by molar-refractivity contribution is 7.91. The molecule has 0 bridgehead atoms. The topological polar surface area (TPSA) is 67.3 Å². The van der Waals surface area contributed by atoms with Crippen molar-refractivity contribution in [1.29, 1.82) is 0 Å². The summed E-state index contributed by atoms with van der Waals surface area (Å²) in [5.74, 6) is -0.956. The Morgan fingerprint density at radius 1 is 1.07 bits per heavy atom. The average molecular weight is 412 g/mol. The maximum absolute atomic E-state index is 14.1. The minimum atomic E-state index is -4.15. The molecule has 1 aliphatic heterocycles. The van der Waals surface area contributed by atoms with Crippen LogP contribution in [-0.2, 0) is 9.84 Å². The Labute approximate surface area is 169 Å². The zero-order valence-corrected chi connectivity index (χ0v) is 16.9. The lowest BCUT2D eigenvalue weighted by molar-refractivity contribution is 0.0720. The first-order valence-electron chi connectivity index (χ1n) is 9.58. The molecule has 1 aromatic heterocycles. The molecular formula is C22H21FN2O3S. The lowest BCUT2D eigenvalue weighted by atomic mass is 10.1. The molecule has 5 nitrogen and oxygen atoms in total. The molecule has 1 fully saturated rings. The Morgan fingerprint density at radius 2 is 1.79 bits per heavy atom. The van der Waals surface area contributed by atoms with Gasteiger partial charge in [-0.15, -0.1) is 0 Å². The SMILES string of the molecule is Cc1ccc(S(=O)(=O)c2c(C(=O)N3CCCCC3)cnc3ccccc23)cc1F. The number of likely N-dealkylation sites (tertiary alicyclic amines) is 1. The van der Waals surface area contributed by atoms with Crippen LogP contribution in [0.1, 0.15) is 35.2 Å². The van der Waals surface area contributed by atoms with Gasteiger partial charge >= 0.3 is 0 Å². The van der Waals surface area contributed by atoms with Gasteiger partial charge in [0.25, 0.3) is 5.91 Å². The quantitative estimate of drug-likeness (QED) is 0.648. The van der Waals surface area contributed by atoms with E-state index < -0.39 is 15.7 Å². The third-order valence-corrected chi connectivity index (χ3v) is 7.17. The molecule has 0 atom stereocenters. The van der Waals surface area contributed by atoms with Crippen molar-refractivity contribution in [3.8, 4) is 0 Å². The lowest BCUT2D eigenvalue weighted by Gasteiger charge is -2.27. The fourth-order valence-electron chi connectivity index (χ4n) is 3.68. The van der Waals surface area contributed by atoms with Gasteiger partial charge in [-0.2, -0.15) is 0 Å². The van der Waals surface area contributed by atoms with Crippen LogP contribution >= 0.6 is 0 Å². The molecule has 29 heavy (non-hydrogen) atoms. The van der Waals surface area contributed by atoms with Crippen LogP contribution in [-0.4, -0.2) is 37.3 Å². The van der Waals surface area contributed by atoms with Crippen molar-refractivity contribution < 1.29 is 17.6 Å². The van der Waals surface area contributed by atoms with Gasteiger partial charge in [0, 0.05) is 24.7 Å². The third kappa shape index (κ3) is 3.51. The lowest BCUT2D eigenvalue weighted by Crippen LogP contribution is -2.36. The minimum Gasteiger partial charge on any atom is -0.339 e. The second-order valence-corrected chi connectivity index (χ2v) is 9.17. The van der Waals surface area contributed by atoms with E-state index in [0.29, 0.717) is 29.6 Å². The number of amides is 1. The van der Waals surface area contributed by atoms with Crippen LogP contribution in [0, 0.1) is 12.7 Å². The Bertz CT molecular complexity index is 1200. The summed E-state index contributed by atoms with van der Waals surface area (Å²) < 4.78 is 41.2. The van der Waals surface area contributed by atoms with E-state index in [-0.39, 0.29) is 21.3 Å². The Hall–Kier alpha value is -2.80. The van der Waals surface area contributed by atoms with E-state index in [9.17, 15) is 17.6 Å². The maximum Gasteiger partial charge on any atom is 0.256 e. The number of sulfone groups is 1. The van der Waals surface area contributed by atoms with Crippen molar-refractivity contribution in [3.63, 3.8) is 0 Å². The van der Waals surface area contributed by atoms with Crippen molar-refractivity contribution in [2.45, 2.75) is 36.0 Å². The number of hydrogen-bond donors (Lipinski definition) is 0. The summed E-state index contributed by atoms with van der Waals surface area (Å²) >= 11 is 0. The summed E-state index contributed by atoms with van der Waals surface area (Å²) in [5, 5.41) is 0.358. The highest BCUT2D eigenvalue weighted by Gasteiger charge is 2.30. The zero-order chi connectivity index (χ0) is 20.6. The van der Waals surface area contributed by atoms with Gasteiger partial charge in [0.15, 0.2) is 0 Å². The van der Waals surface area contributed by atoms with Gasteiger partial charge in [-0.1, -0.05) is 24.3 Å². The smallest absolute Gasteiger partial charge is 0.256 e. The molecule has 7 heteroatoms. The molecular weight excluding hydrogens is 391 g/mol. The maximum atomic E-state index is 14.1. The molecule has 0 radical (unpaired) electrons. The molecule has 4 rings (SSSR count). The average Bonchev–Trinajstić information content (AvgIpc) is 2.74. The number of pyridine rings is 1. The highest BCUT2D eigenvalue weighted by Crippen LogP contribution is 2.32. The summed E-state index contributed by atoms with van der Waals surface area (Å²) in [6.07, 6.45) is 4.15. The second kappa shape index (κ2) is 7.55. The molecule has 3 aromatic rings. The van der Waals surface area contributed by atoms with E-state index >= 15 is 0 Å². The van der Waals surface area contributed by atoms with Gasteiger partial charge in [0.05, 0.1) is 20.9 Å². The first-order chi connectivity index (χ1) is 13.9.